The van der Waals surface area contributed by atoms with Gasteiger partial charge in [0.1, 0.15) is 0 Å². The van der Waals surface area contributed by atoms with Crippen molar-refractivity contribution in [3.8, 4) is 0 Å². The lowest BCUT2D eigenvalue weighted by molar-refractivity contribution is -0.122. The number of carbonyl (C=O) groups is 1. The smallest absolute Gasteiger partial charge is 0.220 e. The van der Waals surface area contributed by atoms with Crippen LogP contribution in [-0.2, 0) is 34.3 Å². The lowest BCUT2D eigenvalue weighted by Crippen LogP contribution is -2.36. The topological polar surface area (TPSA) is 84.3 Å². The molecule has 1 amide bonds. The van der Waals surface area contributed by atoms with Crippen molar-refractivity contribution >= 4 is 15.7 Å². The highest BCUT2D eigenvalue weighted by Gasteiger charge is 2.29. The lowest BCUT2D eigenvalue weighted by Gasteiger charge is -2.28. The average molecular weight is 369 g/mol. The molecule has 1 saturated heterocycles. The van der Waals surface area contributed by atoms with Gasteiger partial charge in [0, 0.05) is 26.1 Å². The van der Waals surface area contributed by atoms with Crippen molar-refractivity contribution in [3.05, 3.63) is 17.5 Å². The molecule has 0 aromatic carbocycles. The van der Waals surface area contributed by atoms with Crippen LogP contribution < -0.4 is 5.32 Å². The van der Waals surface area contributed by atoms with Gasteiger partial charge in [-0.2, -0.15) is 5.10 Å². The molecule has 0 saturated carbocycles. The van der Waals surface area contributed by atoms with Gasteiger partial charge < -0.3 is 5.32 Å². The van der Waals surface area contributed by atoms with E-state index in [-0.39, 0.29) is 29.8 Å². The van der Waals surface area contributed by atoms with Crippen molar-refractivity contribution < 1.29 is 13.2 Å². The number of hydrogen-bond acceptors (Lipinski definition) is 5. The summed E-state index contributed by atoms with van der Waals surface area (Å²) in [6.45, 7) is 8.73. The van der Waals surface area contributed by atoms with Gasteiger partial charge >= 0.3 is 0 Å². The Morgan fingerprint density at radius 2 is 2.20 bits per heavy atom. The van der Waals surface area contributed by atoms with Crippen LogP contribution in [0.5, 0.6) is 0 Å². The second-order valence-corrected chi connectivity index (χ2v) is 9.96. The van der Waals surface area contributed by atoms with Crippen LogP contribution in [-0.4, -0.2) is 53.6 Å². The van der Waals surface area contributed by atoms with Gasteiger partial charge in [0.15, 0.2) is 9.84 Å². The number of rotatable bonds is 6. The third-order valence-electron chi connectivity index (χ3n) is 4.82. The normalized spacial score (nSPS) is 22.9. The Kier molecular flexibility index (Phi) is 5.48. The molecule has 0 unspecified atom stereocenters. The molecular weight excluding hydrogens is 340 g/mol. The highest BCUT2D eigenvalue weighted by molar-refractivity contribution is 7.91. The van der Waals surface area contributed by atoms with Crippen molar-refractivity contribution in [3.63, 3.8) is 0 Å². The van der Waals surface area contributed by atoms with Gasteiger partial charge in [0.05, 0.1) is 36.0 Å². The van der Waals surface area contributed by atoms with Gasteiger partial charge in [-0.3, -0.25) is 14.4 Å². The molecule has 1 fully saturated rings. The Balaban J connectivity index is 1.48. The van der Waals surface area contributed by atoms with E-state index in [0.717, 1.165) is 31.9 Å². The molecule has 2 aliphatic rings. The Morgan fingerprint density at radius 1 is 1.40 bits per heavy atom. The third-order valence-corrected chi connectivity index (χ3v) is 6.66. The molecule has 1 aromatic heterocycles. The monoisotopic (exact) mass is 368 g/mol. The summed E-state index contributed by atoms with van der Waals surface area (Å²) < 4.78 is 24.9. The predicted molar refractivity (Wildman–Crippen MR) is 95.6 cm³/mol. The van der Waals surface area contributed by atoms with Gasteiger partial charge in [0.25, 0.3) is 0 Å². The molecule has 1 aromatic rings. The molecule has 7 nitrogen and oxygen atoms in total. The highest BCUT2D eigenvalue weighted by Crippen LogP contribution is 2.21. The minimum Gasteiger partial charge on any atom is -0.350 e. The highest BCUT2D eigenvalue weighted by atomic mass is 32.2. The fourth-order valence-electron chi connectivity index (χ4n) is 3.70. The van der Waals surface area contributed by atoms with Gasteiger partial charge in [-0.15, -0.1) is 0 Å². The molecule has 1 atom stereocenters. The van der Waals surface area contributed by atoms with E-state index in [9.17, 15) is 13.2 Å². The molecule has 0 spiro atoms. The molecule has 1 N–H and O–H groups in total. The first-order chi connectivity index (χ1) is 11.8. The summed E-state index contributed by atoms with van der Waals surface area (Å²) in [5.41, 5.74) is 2.06. The molecule has 3 rings (SSSR count). The number of amides is 1. The van der Waals surface area contributed by atoms with E-state index >= 15 is 0 Å². The van der Waals surface area contributed by atoms with E-state index in [1.165, 1.54) is 5.69 Å². The van der Waals surface area contributed by atoms with E-state index in [0.29, 0.717) is 18.9 Å². The fourth-order valence-corrected chi connectivity index (χ4v) is 5.56. The molecule has 2 aliphatic heterocycles. The van der Waals surface area contributed by atoms with Crippen LogP contribution in [0.1, 0.15) is 38.1 Å². The predicted octanol–water partition coefficient (Wildman–Crippen LogP) is 0.796. The Bertz CT molecular complexity index is 726. The van der Waals surface area contributed by atoms with Crippen LogP contribution in [0.2, 0.25) is 0 Å². The van der Waals surface area contributed by atoms with Gasteiger partial charge in [-0.25, -0.2) is 8.42 Å². The minimum atomic E-state index is -2.92. The van der Waals surface area contributed by atoms with Crippen LogP contribution in [0.25, 0.3) is 0 Å². The Morgan fingerprint density at radius 3 is 2.88 bits per heavy atom. The zero-order valence-electron chi connectivity index (χ0n) is 15.1. The van der Waals surface area contributed by atoms with Crippen LogP contribution in [0.15, 0.2) is 6.07 Å². The molecule has 0 bridgehead atoms. The van der Waals surface area contributed by atoms with Crippen LogP contribution in [0, 0.1) is 11.8 Å². The van der Waals surface area contributed by atoms with Crippen molar-refractivity contribution in [1.82, 2.24) is 20.0 Å². The third kappa shape index (κ3) is 5.04. The van der Waals surface area contributed by atoms with E-state index in [1.54, 1.807) is 0 Å². The summed E-state index contributed by atoms with van der Waals surface area (Å²) in [6.07, 6.45) is 0.884. The average Bonchev–Trinajstić information content (AvgIpc) is 3.06. The number of fused-ring (bicyclic) bond motifs is 1. The molecule has 140 valence electrons. The number of nitrogens with one attached hydrogen (secondary N) is 1. The molecular formula is C17H28N4O3S. The summed E-state index contributed by atoms with van der Waals surface area (Å²) in [7, 11) is -2.92. The Hall–Kier alpha value is -1.41. The Labute approximate surface area is 149 Å². The van der Waals surface area contributed by atoms with Gasteiger partial charge in [-0.1, -0.05) is 13.8 Å². The first kappa shape index (κ1) is 18.4. The van der Waals surface area contributed by atoms with Gasteiger partial charge in [-0.05, 0) is 24.3 Å². The van der Waals surface area contributed by atoms with E-state index < -0.39 is 9.84 Å². The SMILES string of the molecule is CC(C)CN1CCn2nc(CNC(=O)C[C@H]3CCS(=O)(=O)C3)cc2C1. The largest absolute Gasteiger partial charge is 0.350 e. The van der Waals surface area contributed by atoms with Crippen molar-refractivity contribution in [2.24, 2.45) is 11.8 Å². The fraction of sp³-hybridized carbons (Fsp3) is 0.765. The summed E-state index contributed by atoms with van der Waals surface area (Å²) in [4.78, 5) is 14.5. The summed E-state index contributed by atoms with van der Waals surface area (Å²) >= 11 is 0. The van der Waals surface area contributed by atoms with Gasteiger partial charge in [0.2, 0.25) is 5.91 Å². The standard InChI is InChI=1S/C17H28N4O3S/c1-13(2)10-20-4-5-21-16(11-20)8-15(19-21)9-18-17(22)7-14-3-6-25(23,24)12-14/h8,13-14H,3-7,9-12H2,1-2H3,(H,18,22)/t14-/m1/s1. The molecule has 0 aliphatic carbocycles. The maximum Gasteiger partial charge on any atom is 0.220 e. The zero-order valence-corrected chi connectivity index (χ0v) is 15.9. The number of sulfone groups is 1. The van der Waals surface area contributed by atoms with Crippen molar-refractivity contribution in [2.75, 3.05) is 24.6 Å². The molecule has 0 radical (unpaired) electrons. The van der Waals surface area contributed by atoms with Crippen molar-refractivity contribution in [1.29, 1.82) is 0 Å². The number of hydrogen-bond donors (Lipinski definition) is 1. The lowest BCUT2D eigenvalue weighted by atomic mass is 10.1. The number of aromatic nitrogens is 2. The molecule has 3 heterocycles. The van der Waals surface area contributed by atoms with E-state index in [1.807, 2.05) is 4.68 Å². The second kappa shape index (κ2) is 7.45. The molecule has 8 heteroatoms. The minimum absolute atomic E-state index is 0.0372. The summed E-state index contributed by atoms with van der Waals surface area (Å²) in [5.74, 6) is 0.878. The number of carbonyl (C=O) groups excluding carboxylic acids is 1. The molecule has 25 heavy (non-hydrogen) atoms. The van der Waals surface area contributed by atoms with E-state index in [2.05, 4.69) is 35.2 Å². The first-order valence-electron chi connectivity index (χ1n) is 9.06. The van der Waals surface area contributed by atoms with Crippen molar-refractivity contribution in [2.45, 2.75) is 46.3 Å². The first-order valence-corrected chi connectivity index (χ1v) is 10.9. The number of nitrogens with zero attached hydrogens (tertiary/aromatic N) is 3. The summed E-state index contributed by atoms with van der Waals surface area (Å²) in [5, 5.41) is 7.45. The van der Waals surface area contributed by atoms with Crippen LogP contribution in [0.3, 0.4) is 0 Å². The van der Waals surface area contributed by atoms with Crippen LogP contribution >= 0.6 is 0 Å². The zero-order chi connectivity index (χ0) is 18.0. The summed E-state index contributed by atoms with van der Waals surface area (Å²) in [6, 6.07) is 2.06. The maximum absolute atomic E-state index is 12.1. The van der Waals surface area contributed by atoms with E-state index in [4.69, 9.17) is 0 Å². The second-order valence-electron chi connectivity index (χ2n) is 7.73. The quantitative estimate of drug-likeness (QED) is 0.803. The maximum atomic E-state index is 12.1. The van der Waals surface area contributed by atoms with Crippen LogP contribution in [0.4, 0.5) is 0 Å².